The minimum atomic E-state index is 0.603. The molecule has 0 saturated carbocycles. The van der Waals surface area contributed by atoms with E-state index in [4.69, 9.17) is 9.84 Å². The largest absolute Gasteiger partial charge is 0.481 e. The molecule has 3 aromatic heterocycles. The Balaban J connectivity index is 1.99. The summed E-state index contributed by atoms with van der Waals surface area (Å²) in [6.07, 6.45) is 3.79. The monoisotopic (exact) mass is 301 g/mol. The van der Waals surface area contributed by atoms with E-state index in [1.807, 2.05) is 59.4 Å². The third-order valence-electron chi connectivity index (χ3n) is 3.82. The van der Waals surface area contributed by atoms with Gasteiger partial charge in [0.25, 0.3) is 0 Å². The van der Waals surface area contributed by atoms with E-state index in [-0.39, 0.29) is 0 Å². The van der Waals surface area contributed by atoms with E-state index in [2.05, 4.69) is 23.2 Å². The number of hydrogen-bond acceptors (Lipinski definition) is 3. The number of rotatable bonds is 3. The lowest BCUT2D eigenvalue weighted by atomic mass is 10.0. The van der Waals surface area contributed by atoms with Crippen LogP contribution in [0, 0.1) is 0 Å². The Morgan fingerprint density at radius 2 is 1.70 bits per heavy atom. The van der Waals surface area contributed by atoms with Crippen molar-refractivity contribution in [2.75, 3.05) is 7.11 Å². The first kappa shape index (κ1) is 13.5. The van der Waals surface area contributed by atoms with Crippen LogP contribution in [0.25, 0.3) is 27.9 Å². The molecule has 4 rings (SSSR count). The summed E-state index contributed by atoms with van der Waals surface area (Å²) in [7, 11) is 1.62. The topological polar surface area (TPSA) is 39.4 Å². The number of methoxy groups -OCH3 is 1. The van der Waals surface area contributed by atoms with Crippen LogP contribution in [0.1, 0.15) is 0 Å². The Bertz CT molecular complexity index is 943. The first-order chi connectivity index (χ1) is 11.4. The second-order valence-electron chi connectivity index (χ2n) is 5.21. The molecule has 0 bridgehead atoms. The van der Waals surface area contributed by atoms with Gasteiger partial charge in [-0.1, -0.05) is 36.4 Å². The summed E-state index contributed by atoms with van der Waals surface area (Å²) in [5.41, 5.74) is 5.18. The van der Waals surface area contributed by atoms with E-state index in [9.17, 15) is 0 Å². The van der Waals surface area contributed by atoms with Gasteiger partial charge in [-0.2, -0.15) is 5.10 Å². The third-order valence-corrected chi connectivity index (χ3v) is 3.82. The van der Waals surface area contributed by atoms with Crippen molar-refractivity contribution in [1.29, 1.82) is 0 Å². The normalized spacial score (nSPS) is 10.8. The molecule has 4 heteroatoms. The number of pyridine rings is 2. The molecule has 0 amide bonds. The fourth-order valence-corrected chi connectivity index (χ4v) is 2.73. The average Bonchev–Trinajstić information content (AvgIpc) is 3.02. The molecular weight excluding hydrogens is 286 g/mol. The Morgan fingerprint density at radius 3 is 2.43 bits per heavy atom. The standard InChI is InChI=1S/C19H15N3O/c1-23-17-11-10-15(13-20-17)18-16-9-5-6-12-22(16)21-19(18)14-7-3-2-4-8-14/h2-13H,1H3. The number of fused-ring (bicyclic) bond motifs is 1. The highest BCUT2D eigenvalue weighted by atomic mass is 16.5. The Hall–Kier alpha value is -3.14. The molecule has 3 heterocycles. The van der Waals surface area contributed by atoms with Crippen molar-refractivity contribution in [2.24, 2.45) is 0 Å². The van der Waals surface area contributed by atoms with E-state index in [0.29, 0.717) is 5.88 Å². The van der Waals surface area contributed by atoms with Crippen LogP contribution in [0.2, 0.25) is 0 Å². The molecule has 0 atom stereocenters. The quantitative estimate of drug-likeness (QED) is 0.572. The molecule has 0 fully saturated rings. The van der Waals surface area contributed by atoms with E-state index < -0.39 is 0 Å². The SMILES string of the molecule is COc1ccc(-c2c(-c3ccccc3)nn3ccccc23)cn1. The zero-order valence-electron chi connectivity index (χ0n) is 12.7. The van der Waals surface area contributed by atoms with E-state index in [1.54, 1.807) is 7.11 Å². The highest BCUT2D eigenvalue weighted by Gasteiger charge is 2.16. The van der Waals surface area contributed by atoms with Gasteiger partial charge in [0, 0.05) is 35.2 Å². The van der Waals surface area contributed by atoms with Crippen LogP contribution in [-0.4, -0.2) is 21.7 Å². The van der Waals surface area contributed by atoms with E-state index >= 15 is 0 Å². The molecule has 0 radical (unpaired) electrons. The Labute approximate surface area is 134 Å². The molecule has 0 N–H and O–H groups in total. The number of hydrogen-bond donors (Lipinski definition) is 0. The molecule has 0 spiro atoms. The minimum Gasteiger partial charge on any atom is -0.481 e. The first-order valence-electron chi connectivity index (χ1n) is 7.40. The summed E-state index contributed by atoms with van der Waals surface area (Å²) in [6, 6.07) is 20.2. The van der Waals surface area contributed by atoms with Crippen LogP contribution < -0.4 is 4.74 Å². The molecular formula is C19H15N3O. The third kappa shape index (κ3) is 2.34. The van der Waals surface area contributed by atoms with Gasteiger partial charge in [0.1, 0.15) is 5.69 Å². The number of benzene rings is 1. The first-order valence-corrected chi connectivity index (χ1v) is 7.40. The maximum absolute atomic E-state index is 5.16. The highest BCUT2D eigenvalue weighted by Crippen LogP contribution is 2.34. The maximum atomic E-state index is 5.16. The molecule has 112 valence electrons. The number of ether oxygens (including phenoxy) is 1. The predicted molar refractivity (Wildman–Crippen MR) is 90.4 cm³/mol. The summed E-state index contributed by atoms with van der Waals surface area (Å²) in [4.78, 5) is 4.34. The summed E-state index contributed by atoms with van der Waals surface area (Å²) in [6.45, 7) is 0. The van der Waals surface area contributed by atoms with Crippen molar-refractivity contribution in [2.45, 2.75) is 0 Å². The summed E-state index contributed by atoms with van der Waals surface area (Å²) < 4.78 is 7.06. The van der Waals surface area contributed by atoms with Gasteiger partial charge in [0.2, 0.25) is 5.88 Å². The van der Waals surface area contributed by atoms with Crippen LogP contribution in [0.4, 0.5) is 0 Å². The van der Waals surface area contributed by atoms with Gasteiger partial charge in [0.05, 0.1) is 12.6 Å². The molecule has 0 aliphatic rings. The maximum Gasteiger partial charge on any atom is 0.212 e. The summed E-state index contributed by atoms with van der Waals surface area (Å²) >= 11 is 0. The molecule has 0 aliphatic heterocycles. The van der Waals surface area contributed by atoms with Crippen molar-refractivity contribution in [3.8, 4) is 28.3 Å². The lowest BCUT2D eigenvalue weighted by Gasteiger charge is -2.05. The van der Waals surface area contributed by atoms with Crippen molar-refractivity contribution >= 4 is 5.52 Å². The second kappa shape index (κ2) is 5.57. The van der Waals surface area contributed by atoms with Gasteiger partial charge < -0.3 is 4.74 Å². The molecule has 0 saturated heterocycles. The van der Waals surface area contributed by atoms with Gasteiger partial charge in [-0.25, -0.2) is 9.50 Å². The van der Waals surface area contributed by atoms with Gasteiger partial charge in [0.15, 0.2) is 0 Å². The van der Waals surface area contributed by atoms with Crippen molar-refractivity contribution in [1.82, 2.24) is 14.6 Å². The Morgan fingerprint density at radius 1 is 0.870 bits per heavy atom. The molecule has 4 aromatic rings. The number of aromatic nitrogens is 3. The van der Waals surface area contributed by atoms with Gasteiger partial charge in [-0.05, 0) is 18.2 Å². The van der Waals surface area contributed by atoms with Gasteiger partial charge in [-0.3, -0.25) is 0 Å². The fourth-order valence-electron chi connectivity index (χ4n) is 2.73. The predicted octanol–water partition coefficient (Wildman–Crippen LogP) is 4.07. The number of nitrogens with zero attached hydrogens (tertiary/aromatic N) is 3. The van der Waals surface area contributed by atoms with E-state index in [0.717, 1.165) is 27.9 Å². The second-order valence-corrected chi connectivity index (χ2v) is 5.21. The Kier molecular flexibility index (Phi) is 3.27. The van der Waals surface area contributed by atoms with Crippen LogP contribution in [0.3, 0.4) is 0 Å². The molecule has 0 aliphatic carbocycles. The van der Waals surface area contributed by atoms with Crippen molar-refractivity contribution < 1.29 is 4.74 Å². The average molecular weight is 301 g/mol. The smallest absolute Gasteiger partial charge is 0.212 e. The van der Waals surface area contributed by atoms with Crippen LogP contribution in [0.5, 0.6) is 5.88 Å². The molecule has 1 aromatic carbocycles. The highest BCUT2D eigenvalue weighted by molar-refractivity contribution is 5.91. The van der Waals surface area contributed by atoms with E-state index in [1.165, 1.54) is 0 Å². The molecule has 0 unspecified atom stereocenters. The molecule has 4 nitrogen and oxygen atoms in total. The lowest BCUT2D eigenvalue weighted by molar-refractivity contribution is 0.398. The fraction of sp³-hybridized carbons (Fsp3) is 0.0526. The minimum absolute atomic E-state index is 0.603. The van der Waals surface area contributed by atoms with Crippen LogP contribution >= 0.6 is 0 Å². The molecule has 23 heavy (non-hydrogen) atoms. The summed E-state index contributed by atoms with van der Waals surface area (Å²) in [5, 5.41) is 4.76. The summed E-state index contributed by atoms with van der Waals surface area (Å²) in [5.74, 6) is 0.603. The van der Waals surface area contributed by atoms with Gasteiger partial charge >= 0.3 is 0 Å². The lowest BCUT2D eigenvalue weighted by Crippen LogP contribution is -1.88. The van der Waals surface area contributed by atoms with Crippen LogP contribution in [0.15, 0.2) is 73.1 Å². The van der Waals surface area contributed by atoms with Crippen molar-refractivity contribution in [3.63, 3.8) is 0 Å². The van der Waals surface area contributed by atoms with Crippen LogP contribution in [-0.2, 0) is 0 Å². The zero-order valence-corrected chi connectivity index (χ0v) is 12.7. The van der Waals surface area contributed by atoms with Crippen molar-refractivity contribution in [3.05, 3.63) is 73.1 Å². The van der Waals surface area contributed by atoms with Gasteiger partial charge in [-0.15, -0.1) is 0 Å². The zero-order chi connectivity index (χ0) is 15.6.